The van der Waals surface area contributed by atoms with Crippen LogP contribution in [0.25, 0.3) is 0 Å². The van der Waals surface area contributed by atoms with Crippen molar-refractivity contribution < 1.29 is 22.7 Å². The lowest BCUT2D eigenvalue weighted by molar-refractivity contribution is 0.0730. The molecule has 1 aromatic heterocycles. The maximum atomic E-state index is 13.3. The first-order chi connectivity index (χ1) is 18.0. The van der Waals surface area contributed by atoms with E-state index in [1.807, 2.05) is 0 Å². The number of sulfonamides is 1. The lowest BCUT2D eigenvalue weighted by atomic mass is 10.1. The molecule has 0 saturated carbocycles. The van der Waals surface area contributed by atoms with Gasteiger partial charge in [-0.1, -0.05) is 11.2 Å². The second kappa shape index (κ2) is 11.2. The van der Waals surface area contributed by atoms with Gasteiger partial charge in [0, 0.05) is 37.5 Å². The third-order valence-electron chi connectivity index (χ3n) is 6.12. The summed E-state index contributed by atoms with van der Waals surface area (Å²) in [6.45, 7) is 2.52. The number of morpholine rings is 1. The largest absolute Gasteiger partial charge is 0.381 e. The number of amides is 1. The number of benzene rings is 2. The number of anilines is 4. The number of tetrazole rings is 1. The van der Waals surface area contributed by atoms with Gasteiger partial charge in [-0.15, -0.1) is 5.10 Å². The molecule has 3 heterocycles. The van der Waals surface area contributed by atoms with Gasteiger partial charge in [0.2, 0.25) is 10.0 Å². The zero-order valence-corrected chi connectivity index (χ0v) is 20.8. The second-order valence-corrected chi connectivity index (χ2v) is 10.6. The average Bonchev–Trinajstić information content (AvgIpc) is 3.63. The Morgan fingerprint density at radius 3 is 2.73 bits per heavy atom. The Kier molecular flexibility index (Phi) is 7.60. The number of carbonyl (C=O) groups is 1. The molecular formula is C23H28N8O5S. The Labute approximate surface area is 214 Å². The van der Waals surface area contributed by atoms with Gasteiger partial charge in [0.25, 0.3) is 11.9 Å². The van der Waals surface area contributed by atoms with Crippen LogP contribution in [0.2, 0.25) is 0 Å². The van der Waals surface area contributed by atoms with Crippen LogP contribution in [-0.2, 0) is 19.5 Å². The van der Waals surface area contributed by atoms with Gasteiger partial charge in [0.15, 0.2) is 0 Å². The van der Waals surface area contributed by atoms with Crippen LogP contribution in [0.3, 0.4) is 0 Å². The van der Waals surface area contributed by atoms with Crippen molar-refractivity contribution in [2.24, 2.45) is 0 Å². The molecule has 2 aromatic carbocycles. The maximum Gasteiger partial charge on any atom is 0.267 e. The summed E-state index contributed by atoms with van der Waals surface area (Å²) in [7, 11) is -3.75. The van der Waals surface area contributed by atoms with E-state index in [0.29, 0.717) is 42.4 Å². The van der Waals surface area contributed by atoms with E-state index >= 15 is 0 Å². The molecule has 37 heavy (non-hydrogen) atoms. The van der Waals surface area contributed by atoms with Crippen molar-refractivity contribution in [2.75, 3.05) is 55.4 Å². The third kappa shape index (κ3) is 6.05. The van der Waals surface area contributed by atoms with Crippen molar-refractivity contribution in [3.63, 3.8) is 0 Å². The minimum absolute atomic E-state index is 0.0632. The van der Waals surface area contributed by atoms with Crippen molar-refractivity contribution in [3.8, 4) is 0 Å². The molecule has 1 atom stereocenters. The molecule has 4 N–H and O–H groups in total. The lowest BCUT2D eigenvalue weighted by Gasteiger charge is -2.26. The molecular weight excluding hydrogens is 500 g/mol. The minimum atomic E-state index is -3.75. The predicted octanol–water partition coefficient (Wildman–Crippen LogP) is 1.81. The average molecular weight is 529 g/mol. The zero-order chi connectivity index (χ0) is 25.7. The molecule has 2 aliphatic rings. The standard InChI is InChI=1S/C23H28N8O5S/c32-22(16-3-1-4-17(13-16)25-23-27-29-30-28-23)26-21-14-19(37(33,34)31-8-11-35-12-9-31)6-7-20(21)24-15-18-5-2-10-36-18/h1,3-4,6-7,13-14,18,24H,2,5,8-12,15H2,(H,26,32)(H2,25,27,28,29,30). The molecule has 1 unspecified atom stereocenters. The Morgan fingerprint density at radius 2 is 1.97 bits per heavy atom. The molecule has 2 fully saturated rings. The molecule has 1 amide bonds. The number of nitrogens with zero attached hydrogens (tertiary/aromatic N) is 4. The van der Waals surface area contributed by atoms with E-state index in [4.69, 9.17) is 9.47 Å². The summed E-state index contributed by atoms with van der Waals surface area (Å²) in [5, 5.41) is 22.7. The summed E-state index contributed by atoms with van der Waals surface area (Å²) >= 11 is 0. The monoisotopic (exact) mass is 528 g/mol. The van der Waals surface area contributed by atoms with Gasteiger partial charge in [0.1, 0.15) is 0 Å². The van der Waals surface area contributed by atoms with E-state index < -0.39 is 15.9 Å². The number of hydrogen-bond acceptors (Lipinski definition) is 10. The van der Waals surface area contributed by atoms with Crippen LogP contribution in [-0.4, -0.2) is 84.8 Å². The smallest absolute Gasteiger partial charge is 0.267 e. The zero-order valence-electron chi connectivity index (χ0n) is 20.0. The fourth-order valence-corrected chi connectivity index (χ4v) is 5.62. The van der Waals surface area contributed by atoms with Crippen molar-refractivity contribution in [1.29, 1.82) is 0 Å². The van der Waals surface area contributed by atoms with Gasteiger partial charge in [-0.25, -0.2) is 8.42 Å². The number of rotatable bonds is 9. The van der Waals surface area contributed by atoms with Gasteiger partial charge in [-0.05, 0) is 54.5 Å². The van der Waals surface area contributed by atoms with Gasteiger partial charge in [-0.3, -0.25) is 4.79 Å². The first kappa shape index (κ1) is 25.1. The van der Waals surface area contributed by atoms with E-state index in [9.17, 15) is 13.2 Å². The van der Waals surface area contributed by atoms with Crippen LogP contribution < -0.4 is 16.0 Å². The Bertz CT molecular complexity index is 1320. The normalized spacial score (nSPS) is 18.4. The van der Waals surface area contributed by atoms with Crippen molar-refractivity contribution >= 4 is 38.9 Å². The second-order valence-electron chi connectivity index (χ2n) is 8.64. The number of aromatic nitrogens is 4. The highest BCUT2D eigenvalue weighted by Gasteiger charge is 2.27. The summed E-state index contributed by atoms with van der Waals surface area (Å²) in [5.41, 5.74) is 1.91. The highest BCUT2D eigenvalue weighted by atomic mass is 32.2. The first-order valence-electron chi connectivity index (χ1n) is 12.0. The summed E-state index contributed by atoms with van der Waals surface area (Å²) in [5.74, 6) is -0.142. The predicted molar refractivity (Wildman–Crippen MR) is 135 cm³/mol. The fraction of sp³-hybridized carbons (Fsp3) is 0.391. The number of ether oxygens (including phenoxy) is 2. The fourth-order valence-electron chi connectivity index (χ4n) is 4.18. The molecule has 2 aliphatic heterocycles. The molecule has 196 valence electrons. The Hall–Kier alpha value is -3.59. The minimum Gasteiger partial charge on any atom is -0.381 e. The van der Waals surface area contributed by atoms with E-state index in [1.54, 1.807) is 36.4 Å². The summed E-state index contributed by atoms with van der Waals surface area (Å²) < 4.78 is 38.9. The van der Waals surface area contributed by atoms with Crippen LogP contribution in [0, 0.1) is 0 Å². The van der Waals surface area contributed by atoms with E-state index in [1.165, 1.54) is 10.4 Å². The van der Waals surface area contributed by atoms with Crippen LogP contribution in [0.15, 0.2) is 47.4 Å². The number of carbonyl (C=O) groups excluding carboxylic acids is 1. The third-order valence-corrected chi connectivity index (χ3v) is 8.01. The number of H-pyrrole nitrogens is 1. The Balaban J connectivity index is 1.39. The molecule has 0 radical (unpaired) electrons. The molecule has 3 aromatic rings. The first-order valence-corrected chi connectivity index (χ1v) is 13.4. The molecule has 0 bridgehead atoms. The van der Waals surface area contributed by atoms with Gasteiger partial charge < -0.3 is 25.4 Å². The van der Waals surface area contributed by atoms with E-state index in [0.717, 1.165) is 19.4 Å². The number of hydrogen-bond donors (Lipinski definition) is 4. The topological polar surface area (TPSA) is 163 Å². The maximum absolute atomic E-state index is 13.3. The van der Waals surface area contributed by atoms with Crippen LogP contribution >= 0.6 is 0 Å². The molecule has 2 saturated heterocycles. The lowest BCUT2D eigenvalue weighted by Crippen LogP contribution is -2.40. The Morgan fingerprint density at radius 1 is 1.11 bits per heavy atom. The number of aromatic amines is 1. The highest BCUT2D eigenvalue weighted by Crippen LogP contribution is 2.29. The van der Waals surface area contributed by atoms with E-state index in [-0.39, 0.29) is 30.0 Å². The van der Waals surface area contributed by atoms with Crippen LogP contribution in [0.4, 0.5) is 23.0 Å². The summed E-state index contributed by atoms with van der Waals surface area (Å²) in [6.07, 6.45) is 2.01. The molecule has 13 nitrogen and oxygen atoms in total. The van der Waals surface area contributed by atoms with E-state index in [2.05, 4.69) is 36.6 Å². The summed E-state index contributed by atoms with van der Waals surface area (Å²) in [6, 6.07) is 11.5. The van der Waals surface area contributed by atoms with Gasteiger partial charge in [-0.2, -0.15) is 9.52 Å². The highest BCUT2D eigenvalue weighted by molar-refractivity contribution is 7.89. The molecule has 14 heteroatoms. The molecule has 5 rings (SSSR count). The van der Waals surface area contributed by atoms with Gasteiger partial charge in [0.05, 0.1) is 35.6 Å². The molecule has 0 spiro atoms. The van der Waals surface area contributed by atoms with Crippen molar-refractivity contribution in [2.45, 2.75) is 23.8 Å². The van der Waals surface area contributed by atoms with Crippen molar-refractivity contribution in [1.82, 2.24) is 24.9 Å². The van der Waals surface area contributed by atoms with Crippen LogP contribution in [0.5, 0.6) is 0 Å². The van der Waals surface area contributed by atoms with Crippen LogP contribution in [0.1, 0.15) is 23.2 Å². The summed E-state index contributed by atoms with van der Waals surface area (Å²) in [4.78, 5) is 13.3. The SMILES string of the molecule is O=C(Nc1cc(S(=O)(=O)N2CCOCC2)ccc1NCC1CCCO1)c1cccc(Nc2nn[nH]n2)c1. The van der Waals surface area contributed by atoms with Gasteiger partial charge >= 0.3 is 0 Å². The quantitative estimate of drug-likeness (QED) is 0.322. The van der Waals surface area contributed by atoms with Crippen molar-refractivity contribution in [3.05, 3.63) is 48.0 Å². The number of nitrogens with one attached hydrogen (secondary N) is 4. The molecule has 0 aliphatic carbocycles.